The van der Waals surface area contributed by atoms with Gasteiger partial charge >= 0.3 is 0 Å². The lowest BCUT2D eigenvalue weighted by atomic mass is 9.72. The topological polar surface area (TPSA) is 87.7 Å². The quantitative estimate of drug-likeness (QED) is 0.304. The molecule has 0 heterocycles. The van der Waals surface area contributed by atoms with Crippen LogP contribution in [0.25, 0.3) is 0 Å². The summed E-state index contributed by atoms with van der Waals surface area (Å²) in [6, 6.07) is 0.132. The number of carbonyl (C=O) groups excluding carboxylic acids is 1. The van der Waals surface area contributed by atoms with Crippen LogP contribution in [-0.4, -0.2) is 23.0 Å². The predicted molar refractivity (Wildman–Crippen MR) is 71.4 cm³/mol. The van der Waals surface area contributed by atoms with Crippen molar-refractivity contribution in [2.24, 2.45) is 16.3 Å². The summed E-state index contributed by atoms with van der Waals surface area (Å²) in [6.07, 6.45) is 6.33. The van der Waals surface area contributed by atoms with Crippen LogP contribution in [0.15, 0.2) is 5.16 Å². The zero-order valence-corrected chi connectivity index (χ0v) is 11.4. The van der Waals surface area contributed by atoms with Gasteiger partial charge in [0.05, 0.1) is 0 Å². The van der Waals surface area contributed by atoms with Crippen molar-refractivity contribution in [3.05, 3.63) is 0 Å². The Balaban J connectivity index is 2.80. The first kappa shape index (κ1) is 14.8. The van der Waals surface area contributed by atoms with Crippen LogP contribution in [0.1, 0.15) is 58.8 Å². The van der Waals surface area contributed by atoms with Crippen molar-refractivity contribution < 1.29 is 10.0 Å². The van der Waals surface area contributed by atoms with Gasteiger partial charge in [0.2, 0.25) is 5.91 Å². The average molecular weight is 255 g/mol. The fourth-order valence-electron chi connectivity index (χ4n) is 2.72. The second-order valence-corrected chi connectivity index (χ2v) is 5.29. The number of rotatable bonds is 5. The van der Waals surface area contributed by atoms with Crippen molar-refractivity contribution in [2.75, 3.05) is 0 Å². The lowest BCUT2D eigenvalue weighted by molar-refractivity contribution is -0.129. The highest BCUT2D eigenvalue weighted by atomic mass is 16.4. The molecule has 5 nitrogen and oxygen atoms in total. The molecule has 1 amide bonds. The third-order valence-corrected chi connectivity index (χ3v) is 3.84. The van der Waals surface area contributed by atoms with Gasteiger partial charge in [-0.05, 0) is 26.2 Å². The molecule has 5 heteroatoms. The first-order chi connectivity index (χ1) is 8.56. The van der Waals surface area contributed by atoms with E-state index < -0.39 is 5.41 Å². The third kappa shape index (κ3) is 3.15. The van der Waals surface area contributed by atoms with E-state index in [9.17, 15) is 4.79 Å². The van der Waals surface area contributed by atoms with E-state index in [4.69, 9.17) is 10.9 Å². The van der Waals surface area contributed by atoms with Crippen LogP contribution in [-0.2, 0) is 4.79 Å². The largest absolute Gasteiger partial charge is 0.409 e. The zero-order valence-electron chi connectivity index (χ0n) is 11.4. The Morgan fingerprint density at radius 2 is 2.06 bits per heavy atom. The standard InChI is InChI=1S/C13H25N3O2/c1-3-7-10(2)15-12(17)13(11(14)16-18)8-5-4-6-9-13/h10,18H,3-9H2,1-2H3,(H2,14,16)(H,15,17). The molecule has 18 heavy (non-hydrogen) atoms. The smallest absolute Gasteiger partial charge is 0.234 e. The summed E-state index contributed by atoms with van der Waals surface area (Å²) < 4.78 is 0. The molecule has 0 aromatic rings. The highest BCUT2D eigenvalue weighted by molar-refractivity contribution is 6.06. The van der Waals surface area contributed by atoms with Crippen LogP contribution < -0.4 is 11.1 Å². The summed E-state index contributed by atoms with van der Waals surface area (Å²) in [5.41, 5.74) is 4.98. The molecule has 1 unspecified atom stereocenters. The van der Waals surface area contributed by atoms with Gasteiger partial charge in [-0.3, -0.25) is 4.79 Å². The molecular weight excluding hydrogens is 230 g/mol. The van der Waals surface area contributed by atoms with Crippen molar-refractivity contribution in [1.29, 1.82) is 0 Å². The molecule has 1 aliphatic rings. The maximum absolute atomic E-state index is 12.4. The number of amides is 1. The number of nitrogens with zero attached hydrogens (tertiary/aromatic N) is 1. The van der Waals surface area contributed by atoms with E-state index in [1.807, 2.05) is 6.92 Å². The van der Waals surface area contributed by atoms with Gasteiger partial charge in [-0.2, -0.15) is 0 Å². The first-order valence-corrected chi connectivity index (χ1v) is 6.85. The van der Waals surface area contributed by atoms with Crippen LogP contribution >= 0.6 is 0 Å². The summed E-state index contributed by atoms with van der Waals surface area (Å²) in [5, 5.41) is 15.0. The highest BCUT2D eigenvalue weighted by Crippen LogP contribution is 2.37. The number of amidine groups is 1. The van der Waals surface area contributed by atoms with Gasteiger partial charge in [0.25, 0.3) is 0 Å². The molecule has 1 saturated carbocycles. The second-order valence-electron chi connectivity index (χ2n) is 5.29. The minimum atomic E-state index is -0.797. The number of oxime groups is 1. The number of nitrogens with one attached hydrogen (secondary N) is 1. The van der Waals surface area contributed by atoms with Crippen molar-refractivity contribution in [3.63, 3.8) is 0 Å². The van der Waals surface area contributed by atoms with E-state index in [-0.39, 0.29) is 17.8 Å². The van der Waals surface area contributed by atoms with Gasteiger partial charge < -0.3 is 16.3 Å². The summed E-state index contributed by atoms with van der Waals surface area (Å²) in [5.74, 6) is -0.0261. The van der Waals surface area contributed by atoms with Crippen LogP contribution in [0.3, 0.4) is 0 Å². The molecule has 0 aliphatic heterocycles. The Morgan fingerprint density at radius 1 is 1.44 bits per heavy atom. The molecule has 1 atom stereocenters. The number of nitrogens with two attached hydrogens (primary N) is 1. The molecule has 104 valence electrons. The minimum absolute atomic E-state index is 0.0587. The Bertz CT molecular complexity index is 309. The minimum Gasteiger partial charge on any atom is -0.409 e. The molecule has 0 radical (unpaired) electrons. The molecule has 0 saturated heterocycles. The van der Waals surface area contributed by atoms with Gasteiger partial charge in [0, 0.05) is 6.04 Å². The molecule has 1 fully saturated rings. The van der Waals surface area contributed by atoms with Crippen LogP contribution in [0.2, 0.25) is 0 Å². The fraction of sp³-hybridized carbons (Fsp3) is 0.846. The van der Waals surface area contributed by atoms with Crippen molar-refractivity contribution in [3.8, 4) is 0 Å². The lowest BCUT2D eigenvalue weighted by Crippen LogP contribution is -2.52. The molecular formula is C13H25N3O2. The van der Waals surface area contributed by atoms with Crippen LogP contribution in [0.5, 0.6) is 0 Å². The maximum Gasteiger partial charge on any atom is 0.234 e. The zero-order chi connectivity index (χ0) is 13.6. The highest BCUT2D eigenvalue weighted by Gasteiger charge is 2.44. The van der Waals surface area contributed by atoms with Gasteiger partial charge in [0.1, 0.15) is 5.41 Å². The monoisotopic (exact) mass is 255 g/mol. The molecule has 0 spiro atoms. The maximum atomic E-state index is 12.4. The summed E-state index contributed by atoms with van der Waals surface area (Å²) >= 11 is 0. The Labute approximate surface area is 109 Å². The van der Waals surface area contributed by atoms with Crippen molar-refractivity contribution >= 4 is 11.7 Å². The Hall–Kier alpha value is -1.26. The van der Waals surface area contributed by atoms with E-state index in [1.165, 1.54) is 0 Å². The Kier molecular flexibility index (Phi) is 5.44. The van der Waals surface area contributed by atoms with Gasteiger partial charge in [0.15, 0.2) is 5.84 Å². The average Bonchev–Trinajstić information content (AvgIpc) is 2.38. The van der Waals surface area contributed by atoms with E-state index in [1.54, 1.807) is 0 Å². The van der Waals surface area contributed by atoms with E-state index >= 15 is 0 Å². The summed E-state index contributed by atoms with van der Waals surface area (Å²) in [6.45, 7) is 4.08. The molecule has 1 rings (SSSR count). The summed E-state index contributed by atoms with van der Waals surface area (Å²) in [4.78, 5) is 12.4. The summed E-state index contributed by atoms with van der Waals surface area (Å²) in [7, 11) is 0. The molecule has 0 bridgehead atoms. The van der Waals surface area contributed by atoms with Gasteiger partial charge in [-0.15, -0.1) is 0 Å². The molecule has 1 aliphatic carbocycles. The Morgan fingerprint density at radius 3 is 2.56 bits per heavy atom. The number of carbonyl (C=O) groups is 1. The van der Waals surface area contributed by atoms with Gasteiger partial charge in [-0.25, -0.2) is 0 Å². The SMILES string of the molecule is CCCC(C)NC(=O)C1(C(N)=NO)CCCCC1. The first-order valence-electron chi connectivity index (χ1n) is 6.85. The van der Waals surface area contributed by atoms with Gasteiger partial charge in [-0.1, -0.05) is 37.8 Å². The van der Waals surface area contributed by atoms with Crippen LogP contribution in [0, 0.1) is 5.41 Å². The normalized spacial score (nSPS) is 21.3. The van der Waals surface area contributed by atoms with Crippen LogP contribution in [0.4, 0.5) is 0 Å². The molecule has 0 aromatic carbocycles. The fourth-order valence-corrected chi connectivity index (χ4v) is 2.72. The lowest BCUT2D eigenvalue weighted by Gasteiger charge is -2.35. The third-order valence-electron chi connectivity index (χ3n) is 3.84. The number of hydrogen-bond donors (Lipinski definition) is 3. The molecule has 0 aromatic heterocycles. The second kappa shape index (κ2) is 6.61. The number of hydrogen-bond acceptors (Lipinski definition) is 3. The van der Waals surface area contributed by atoms with E-state index in [0.717, 1.165) is 32.1 Å². The predicted octanol–water partition coefficient (Wildman–Crippen LogP) is 1.99. The van der Waals surface area contributed by atoms with Crippen molar-refractivity contribution in [1.82, 2.24) is 5.32 Å². The molecule has 4 N–H and O–H groups in total. The van der Waals surface area contributed by atoms with E-state index in [2.05, 4.69) is 17.4 Å². The van der Waals surface area contributed by atoms with E-state index in [0.29, 0.717) is 12.8 Å². The van der Waals surface area contributed by atoms with Crippen molar-refractivity contribution in [2.45, 2.75) is 64.8 Å².